The van der Waals surface area contributed by atoms with Crippen molar-refractivity contribution in [2.45, 2.75) is 4.90 Å². The lowest BCUT2D eigenvalue weighted by Crippen LogP contribution is -2.20. The molecule has 136 valence electrons. The van der Waals surface area contributed by atoms with Crippen molar-refractivity contribution in [1.29, 1.82) is 0 Å². The second-order valence-corrected chi connectivity index (χ2v) is 7.50. The van der Waals surface area contributed by atoms with E-state index >= 15 is 0 Å². The Morgan fingerprint density at radius 2 is 1.77 bits per heavy atom. The Labute approximate surface area is 149 Å². The van der Waals surface area contributed by atoms with Gasteiger partial charge in [-0.3, -0.25) is 4.79 Å². The number of fused-ring (bicyclic) bond motifs is 1. The topological polar surface area (TPSA) is 108 Å². The standard InChI is InChI=1S/C17H15NO7S/c1-26(21,22)13-5-2-11(3-6-13)17(20)23-9-16(19)18-12-4-7-14-15(8-12)25-10-24-14/h2-8H,9-10H2,1H3,(H,18,19). The molecule has 0 saturated heterocycles. The lowest BCUT2D eigenvalue weighted by atomic mass is 10.2. The Bertz CT molecular complexity index is 952. The molecule has 1 N–H and O–H groups in total. The van der Waals surface area contributed by atoms with Crippen LogP contribution < -0.4 is 14.8 Å². The molecule has 0 radical (unpaired) electrons. The number of sulfone groups is 1. The fourth-order valence-electron chi connectivity index (χ4n) is 2.22. The summed E-state index contributed by atoms with van der Waals surface area (Å²) in [4.78, 5) is 23.9. The highest BCUT2D eigenvalue weighted by molar-refractivity contribution is 7.90. The molecule has 2 aromatic rings. The summed E-state index contributed by atoms with van der Waals surface area (Å²) < 4.78 is 38.1. The van der Waals surface area contributed by atoms with Crippen LogP contribution in [0.15, 0.2) is 47.4 Å². The maximum absolute atomic E-state index is 11.9. The van der Waals surface area contributed by atoms with Crippen molar-refractivity contribution in [3.8, 4) is 11.5 Å². The summed E-state index contributed by atoms with van der Waals surface area (Å²) in [5.41, 5.74) is 0.626. The molecular weight excluding hydrogens is 362 g/mol. The minimum atomic E-state index is -3.35. The number of carbonyl (C=O) groups is 2. The number of amides is 1. The predicted octanol–water partition coefficient (Wildman–Crippen LogP) is 1.61. The van der Waals surface area contributed by atoms with Crippen LogP contribution in [0.4, 0.5) is 5.69 Å². The van der Waals surface area contributed by atoms with E-state index in [0.717, 1.165) is 6.26 Å². The van der Waals surface area contributed by atoms with Crippen molar-refractivity contribution in [2.24, 2.45) is 0 Å². The second-order valence-electron chi connectivity index (χ2n) is 5.49. The summed E-state index contributed by atoms with van der Waals surface area (Å²) >= 11 is 0. The van der Waals surface area contributed by atoms with Gasteiger partial charge in [-0.25, -0.2) is 13.2 Å². The predicted molar refractivity (Wildman–Crippen MR) is 91.0 cm³/mol. The smallest absolute Gasteiger partial charge is 0.338 e. The normalized spacial score (nSPS) is 12.5. The lowest BCUT2D eigenvalue weighted by Gasteiger charge is -2.07. The van der Waals surface area contributed by atoms with Crippen molar-refractivity contribution < 1.29 is 32.2 Å². The van der Waals surface area contributed by atoms with Crippen LogP contribution in [0.3, 0.4) is 0 Å². The molecule has 1 aliphatic heterocycles. The van der Waals surface area contributed by atoms with Gasteiger partial charge in [-0.2, -0.15) is 0 Å². The molecule has 8 nitrogen and oxygen atoms in total. The van der Waals surface area contributed by atoms with Gasteiger partial charge in [-0.05, 0) is 36.4 Å². The molecule has 26 heavy (non-hydrogen) atoms. The summed E-state index contributed by atoms with van der Waals surface area (Å²) in [6, 6.07) is 10.2. The molecule has 0 spiro atoms. The molecule has 2 aromatic carbocycles. The Morgan fingerprint density at radius 1 is 1.08 bits per heavy atom. The minimum Gasteiger partial charge on any atom is -0.454 e. The van der Waals surface area contributed by atoms with Crippen LogP contribution in [0.1, 0.15) is 10.4 Å². The molecule has 0 aliphatic carbocycles. The first-order valence-electron chi connectivity index (χ1n) is 7.50. The quantitative estimate of drug-likeness (QED) is 0.789. The summed E-state index contributed by atoms with van der Waals surface area (Å²) in [5.74, 6) is -0.145. The van der Waals surface area contributed by atoms with Crippen LogP contribution in [-0.4, -0.2) is 39.9 Å². The number of hydrogen-bond donors (Lipinski definition) is 1. The van der Waals surface area contributed by atoms with E-state index in [1.165, 1.54) is 24.3 Å². The number of carbonyl (C=O) groups excluding carboxylic acids is 2. The Balaban J connectivity index is 1.55. The number of hydrogen-bond acceptors (Lipinski definition) is 7. The third-order valence-electron chi connectivity index (χ3n) is 3.51. The highest BCUT2D eigenvalue weighted by atomic mass is 32.2. The highest BCUT2D eigenvalue weighted by Crippen LogP contribution is 2.34. The molecule has 0 fully saturated rings. The first-order valence-corrected chi connectivity index (χ1v) is 9.39. The Hall–Kier alpha value is -3.07. The van der Waals surface area contributed by atoms with Crippen LogP contribution in [0.5, 0.6) is 11.5 Å². The summed E-state index contributed by atoms with van der Waals surface area (Å²) in [6.45, 7) is -0.358. The molecular formula is C17H15NO7S. The Kier molecular flexibility index (Phi) is 4.81. The van der Waals surface area contributed by atoms with E-state index in [4.69, 9.17) is 14.2 Å². The molecule has 3 rings (SSSR count). The largest absolute Gasteiger partial charge is 0.454 e. The average Bonchev–Trinajstić information content (AvgIpc) is 3.07. The highest BCUT2D eigenvalue weighted by Gasteiger charge is 2.15. The SMILES string of the molecule is CS(=O)(=O)c1ccc(C(=O)OCC(=O)Nc2ccc3c(c2)OCO3)cc1. The van der Waals surface area contributed by atoms with Crippen molar-refractivity contribution >= 4 is 27.4 Å². The fraction of sp³-hybridized carbons (Fsp3) is 0.176. The van der Waals surface area contributed by atoms with E-state index < -0.39 is 28.3 Å². The molecule has 0 saturated carbocycles. The molecule has 1 heterocycles. The van der Waals surface area contributed by atoms with Crippen LogP contribution in [0, 0.1) is 0 Å². The van der Waals surface area contributed by atoms with Gasteiger partial charge in [0.1, 0.15) is 0 Å². The van der Waals surface area contributed by atoms with E-state index in [-0.39, 0.29) is 17.3 Å². The van der Waals surface area contributed by atoms with Crippen molar-refractivity contribution in [3.05, 3.63) is 48.0 Å². The molecule has 0 aromatic heterocycles. The average molecular weight is 377 g/mol. The van der Waals surface area contributed by atoms with E-state index in [1.54, 1.807) is 18.2 Å². The van der Waals surface area contributed by atoms with Gasteiger partial charge in [-0.1, -0.05) is 0 Å². The molecule has 0 atom stereocenters. The summed E-state index contributed by atoms with van der Waals surface area (Å²) in [7, 11) is -3.35. The van der Waals surface area contributed by atoms with Crippen molar-refractivity contribution in [2.75, 3.05) is 25.0 Å². The van der Waals surface area contributed by atoms with Gasteiger partial charge in [0.05, 0.1) is 10.5 Å². The lowest BCUT2D eigenvalue weighted by molar-refractivity contribution is -0.119. The third kappa shape index (κ3) is 4.12. The maximum Gasteiger partial charge on any atom is 0.338 e. The van der Waals surface area contributed by atoms with Gasteiger partial charge in [0, 0.05) is 18.0 Å². The molecule has 0 bridgehead atoms. The number of ether oxygens (including phenoxy) is 3. The van der Waals surface area contributed by atoms with Gasteiger partial charge >= 0.3 is 5.97 Å². The number of rotatable bonds is 5. The summed E-state index contributed by atoms with van der Waals surface area (Å²) in [6.07, 6.45) is 1.07. The van der Waals surface area contributed by atoms with Crippen LogP contribution in [0.25, 0.3) is 0 Å². The molecule has 9 heteroatoms. The molecule has 0 unspecified atom stereocenters. The van der Waals surface area contributed by atoms with Crippen LogP contribution >= 0.6 is 0 Å². The van der Waals surface area contributed by atoms with E-state index in [9.17, 15) is 18.0 Å². The first kappa shape index (κ1) is 17.7. The number of nitrogens with one attached hydrogen (secondary N) is 1. The van der Waals surface area contributed by atoms with E-state index in [1.807, 2.05) is 0 Å². The summed E-state index contributed by atoms with van der Waals surface area (Å²) in [5, 5.41) is 2.58. The van der Waals surface area contributed by atoms with Crippen LogP contribution in [-0.2, 0) is 19.4 Å². The van der Waals surface area contributed by atoms with Gasteiger partial charge in [0.25, 0.3) is 5.91 Å². The number of anilines is 1. The number of benzene rings is 2. The van der Waals surface area contributed by atoms with Gasteiger partial charge < -0.3 is 19.5 Å². The fourth-order valence-corrected chi connectivity index (χ4v) is 2.85. The van der Waals surface area contributed by atoms with Crippen molar-refractivity contribution in [1.82, 2.24) is 0 Å². The second kappa shape index (κ2) is 7.04. The molecule has 1 aliphatic rings. The zero-order chi connectivity index (χ0) is 18.7. The number of esters is 1. The van der Waals surface area contributed by atoms with Crippen molar-refractivity contribution in [3.63, 3.8) is 0 Å². The zero-order valence-electron chi connectivity index (χ0n) is 13.7. The van der Waals surface area contributed by atoms with Gasteiger partial charge in [-0.15, -0.1) is 0 Å². The third-order valence-corrected chi connectivity index (χ3v) is 4.64. The monoisotopic (exact) mass is 377 g/mol. The van der Waals surface area contributed by atoms with Gasteiger partial charge in [0.2, 0.25) is 6.79 Å². The first-order chi connectivity index (χ1) is 12.3. The van der Waals surface area contributed by atoms with Crippen LogP contribution in [0.2, 0.25) is 0 Å². The molecule has 1 amide bonds. The minimum absolute atomic E-state index is 0.0922. The zero-order valence-corrected chi connectivity index (χ0v) is 14.5. The van der Waals surface area contributed by atoms with E-state index in [2.05, 4.69) is 5.32 Å². The Morgan fingerprint density at radius 3 is 2.46 bits per heavy atom. The maximum atomic E-state index is 11.9. The van der Waals surface area contributed by atoms with Gasteiger partial charge in [0.15, 0.2) is 27.9 Å². The van der Waals surface area contributed by atoms with E-state index in [0.29, 0.717) is 17.2 Å².